The maximum atomic E-state index is 9.94. The van der Waals surface area contributed by atoms with Crippen molar-refractivity contribution in [3.05, 3.63) is 33.9 Å². The van der Waals surface area contributed by atoms with Crippen molar-refractivity contribution in [1.29, 1.82) is 0 Å². The van der Waals surface area contributed by atoms with Gasteiger partial charge in [-0.05, 0) is 24.3 Å². The highest BCUT2D eigenvalue weighted by Gasteiger charge is 2.16. The van der Waals surface area contributed by atoms with E-state index in [1.807, 2.05) is 31.3 Å². The number of aromatic nitrogens is 2. The Labute approximate surface area is 124 Å². The number of hydrogen-bond acceptors (Lipinski definition) is 4. The summed E-state index contributed by atoms with van der Waals surface area (Å²) in [6, 6.07) is 5.93. The minimum atomic E-state index is 0.00111. The van der Waals surface area contributed by atoms with Crippen molar-refractivity contribution in [2.75, 3.05) is 12.4 Å². The maximum Gasteiger partial charge on any atom is 0.238 e. The molecule has 2 aromatic rings. The third-order valence-corrected chi connectivity index (χ3v) is 3.74. The Morgan fingerprint density at radius 1 is 1.40 bits per heavy atom. The van der Waals surface area contributed by atoms with Gasteiger partial charge in [0.05, 0.1) is 5.69 Å². The van der Waals surface area contributed by atoms with Crippen molar-refractivity contribution in [3.63, 3.8) is 0 Å². The quantitative estimate of drug-likeness (QED) is 0.887. The lowest BCUT2D eigenvalue weighted by atomic mass is 10.1. The summed E-state index contributed by atoms with van der Waals surface area (Å²) in [5, 5.41) is 12.9. The van der Waals surface area contributed by atoms with Crippen LogP contribution in [0, 0.1) is 0 Å². The Morgan fingerprint density at radius 3 is 2.90 bits per heavy atom. The molecule has 2 heterocycles. The number of allylic oxidation sites excluding steroid dienone is 1. The van der Waals surface area contributed by atoms with Crippen molar-refractivity contribution in [3.8, 4) is 5.88 Å². The van der Waals surface area contributed by atoms with E-state index in [9.17, 15) is 5.11 Å². The number of imidazole rings is 1. The van der Waals surface area contributed by atoms with Crippen LogP contribution in [0.5, 0.6) is 5.88 Å². The summed E-state index contributed by atoms with van der Waals surface area (Å²) in [5.74, 6) is 0.611. The summed E-state index contributed by atoms with van der Waals surface area (Å²) in [7, 11) is 3.61. The van der Waals surface area contributed by atoms with Crippen LogP contribution in [0.25, 0.3) is 11.6 Å². The van der Waals surface area contributed by atoms with Gasteiger partial charge in [0.15, 0.2) is 0 Å². The number of anilines is 1. The fourth-order valence-electron chi connectivity index (χ4n) is 2.20. The summed E-state index contributed by atoms with van der Waals surface area (Å²) in [5.41, 5.74) is 3.55. The lowest BCUT2D eigenvalue weighted by Crippen LogP contribution is -1.99. The molecule has 102 valence electrons. The molecule has 0 bridgehead atoms. The minimum Gasteiger partial charge on any atom is -0.492 e. The first-order valence-electron chi connectivity index (χ1n) is 6.09. The molecule has 1 aromatic carbocycles. The van der Waals surface area contributed by atoms with Crippen LogP contribution in [0.2, 0.25) is 0 Å². The van der Waals surface area contributed by atoms with Crippen LogP contribution in [-0.4, -0.2) is 27.9 Å². The molecule has 0 spiro atoms. The molecule has 0 radical (unpaired) electrons. The maximum absolute atomic E-state index is 9.94. The second-order valence-corrected chi connectivity index (χ2v) is 5.39. The van der Waals surface area contributed by atoms with Gasteiger partial charge < -0.3 is 15.0 Å². The first-order valence-corrected chi connectivity index (χ1v) is 6.88. The average Bonchev–Trinajstić information content (AvgIpc) is 2.94. The van der Waals surface area contributed by atoms with Crippen LogP contribution < -0.4 is 5.32 Å². The number of aliphatic imine (C=N–C) groups is 1. The summed E-state index contributed by atoms with van der Waals surface area (Å²) in [6.07, 6.45) is 3.67. The van der Waals surface area contributed by atoms with Crippen molar-refractivity contribution >= 4 is 45.4 Å². The van der Waals surface area contributed by atoms with E-state index < -0.39 is 0 Å². The van der Waals surface area contributed by atoms with E-state index in [1.165, 1.54) is 0 Å². The van der Waals surface area contributed by atoms with Gasteiger partial charge in [0.25, 0.3) is 0 Å². The molecular weight excluding hydrogens is 320 g/mol. The molecule has 0 amide bonds. The zero-order chi connectivity index (χ0) is 14.3. The van der Waals surface area contributed by atoms with Crippen molar-refractivity contribution in [2.24, 2.45) is 12.0 Å². The van der Waals surface area contributed by atoms with E-state index in [-0.39, 0.29) is 5.88 Å². The Hall–Kier alpha value is -2.08. The predicted molar refractivity (Wildman–Crippen MR) is 84.6 cm³/mol. The highest BCUT2D eigenvalue weighted by atomic mass is 79.9. The molecule has 1 aromatic heterocycles. The van der Waals surface area contributed by atoms with Crippen LogP contribution in [0.3, 0.4) is 0 Å². The van der Waals surface area contributed by atoms with Crippen LogP contribution in [-0.2, 0) is 7.05 Å². The summed E-state index contributed by atoms with van der Waals surface area (Å²) in [4.78, 5) is 8.42. The van der Waals surface area contributed by atoms with Crippen LogP contribution in [0.15, 0.2) is 27.7 Å². The number of halogens is 1. The number of rotatable bonds is 2. The summed E-state index contributed by atoms with van der Waals surface area (Å²) in [6.45, 7) is 0. The zero-order valence-corrected chi connectivity index (χ0v) is 12.6. The molecule has 0 atom stereocenters. The molecule has 20 heavy (non-hydrogen) atoms. The molecule has 0 unspecified atom stereocenters. The fourth-order valence-corrected chi connectivity index (χ4v) is 2.57. The van der Waals surface area contributed by atoms with E-state index in [1.54, 1.807) is 17.8 Å². The smallest absolute Gasteiger partial charge is 0.238 e. The van der Waals surface area contributed by atoms with Gasteiger partial charge in [-0.1, -0.05) is 15.9 Å². The van der Waals surface area contributed by atoms with Gasteiger partial charge in [0.2, 0.25) is 11.8 Å². The number of aromatic hydroxyl groups is 1. The van der Waals surface area contributed by atoms with Gasteiger partial charge >= 0.3 is 0 Å². The second kappa shape index (κ2) is 4.79. The minimum absolute atomic E-state index is 0.00111. The third kappa shape index (κ3) is 2.02. The van der Waals surface area contributed by atoms with Gasteiger partial charge in [0.1, 0.15) is 5.69 Å². The third-order valence-electron chi connectivity index (χ3n) is 3.25. The van der Waals surface area contributed by atoms with Crippen LogP contribution >= 0.6 is 15.9 Å². The van der Waals surface area contributed by atoms with Gasteiger partial charge in [-0.15, -0.1) is 0 Å². The summed E-state index contributed by atoms with van der Waals surface area (Å²) >= 11 is 3.46. The first-order chi connectivity index (χ1) is 9.60. The van der Waals surface area contributed by atoms with Crippen LogP contribution in [0.1, 0.15) is 11.3 Å². The molecule has 6 heteroatoms. The van der Waals surface area contributed by atoms with Gasteiger partial charge in [0, 0.05) is 35.9 Å². The number of hydrogen-bond donors (Lipinski definition) is 2. The fraction of sp³-hybridized carbons (Fsp3) is 0.143. The second-order valence-electron chi connectivity index (χ2n) is 4.47. The van der Waals surface area contributed by atoms with Crippen molar-refractivity contribution in [1.82, 2.24) is 9.55 Å². The number of fused-ring (bicyclic) bond motifs is 1. The van der Waals surface area contributed by atoms with Gasteiger partial charge in [-0.25, -0.2) is 0 Å². The van der Waals surface area contributed by atoms with Crippen molar-refractivity contribution in [2.45, 2.75) is 0 Å². The molecular formula is C14H13BrN4O. The molecule has 0 fully saturated rings. The number of nitrogens with one attached hydrogen (secondary N) is 1. The molecule has 1 aliphatic heterocycles. The lowest BCUT2D eigenvalue weighted by Gasteiger charge is -2.03. The van der Waals surface area contributed by atoms with Crippen molar-refractivity contribution < 1.29 is 5.11 Å². The van der Waals surface area contributed by atoms with E-state index in [0.717, 1.165) is 21.3 Å². The SMILES string of the molecule is CNc1nc(O)c(C=C2C=Nc3ccc(Br)cc32)n1C. The summed E-state index contributed by atoms with van der Waals surface area (Å²) < 4.78 is 2.80. The van der Waals surface area contributed by atoms with Crippen LogP contribution in [0.4, 0.5) is 11.6 Å². The highest BCUT2D eigenvalue weighted by molar-refractivity contribution is 9.10. The van der Waals surface area contributed by atoms with Gasteiger partial charge in [-0.2, -0.15) is 4.98 Å². The predicted octanol–water partition coefficient (Wildman–Crippen LogP) is 3.19. The van der Waals surface area contributed by atoms with E-state index >= 15 is 0 Å². The topological polar surface area (TPSA) is 62.4 Å². The Morgan fingerprint density at radius 2 is 2.20 bits per heavy atom. The molecule has 0 saturated carbocycles. The zero-order valence-electron chi connectivity index (χ0n) is 11.1. The van der Waals surface area contributed by atoms with E-state index in [2.05, 4.69) is 31.2 Å². The molecule has 1 aliphatic rings. The monoisotopic (exact) mass is 332 g/mol. The molecule has 5 nitrogen and oxygen atoms in total. The largest absolute Gasteiger partial charge is 0.492 e. The Balaban J connectivity index is 2.10. The molecule has 0 saturated heterocycles. The Kier molecular flexibility index (Phi) is 3.10. The molecule has 2 N–H and O–H groups in total. The van der Waals surface area contributed by atoms with Gasteiger partial charge in [-0.3, -0.25) is 4.99 Å². The molecule has 0 aliphatic carbocycles. The standard InChI is InChI=1S/C14H13BrN4O/c1-16-14-18-13(20)12(19(14)2)5-8-7-17-11-4-3-9(15)6-10(8)11/h3-7,20H,1-2H3,(H,16,18). The van der Waals surface area contributed by atoms with E-state index in [4.69, 9.17) is 0 Å². The number of benzene rings is 1. The Bertz CT molecular complexity index is 746. The first kappa shape index (κ1) is 12.9. The highest BCUT2D eigenvalue weighted by Crippen LogP contribution is 2.35. The lowest BCUT2D eigenvalue weighted by molar-refractivity contribution is 0.454. The normalized spacial score (nSPS) is 14.8. The molecule has 3 rings (SSSR count). The number of nitrogens with zero attached hydrogens (tertiary/aromatic N) is 3. The van der Waals surface area contributed by atoms with E-state index in [0.29, 0.717) is 11.6 Å². The average molecular weight is 333 g/mol.